The standard InChI is InChI=1S/C18H23NO6/c1-11(17(20)19-13-5-3-4-6-13)25-18(21)12-9-14(22-2)16-15(10-12)23-7-8-24-16/h9-11,13H,3-8H2,1-2H3,(H,19,20)/t11-/m1/s1. The number of benzene rings is 1. The van der Waals surface area contributed by atoms with Crippen LogP contribution in [-0.4, -0.2) is 44.3 Å². The number of carbonyl (C=O) groups is 2. The van der Waals surface area contributed by atoms with Crippen molar-refractivity contribution in [3.8, 4) is 17.2 Å². The summed E-state index contributed by atoms with van der Waals surface area (Å²) in [5, 5.41) is 2.92. The van der Waals surface area contributed by atoms with E-state index in [1.165, 1.54) is 13.2 Å². The Morgan fingerprint density at radius 2 is 1.92 bits per heavy atom. The first-order valence-electron chi connectivity index (χ1n) is 8.57. The Hall–Kier alpha value is -2.44. The van der Waals surface area contributed by atoms with Gasteiger partial charge < -0.3 is 24.3 Å². The predicted molar refractivity (Wildman–Crippen MR) is 89.3 cm³/mol. The van der Waals surface area contributed by atoms with E-state index >= 15 is 0 Å². The highest BCUT2D eigenvalue weighted by Gasteiger charge is 2.26. The van der Waals surface area contributed by atoms with Gasteiger partial charge in [-0.25, -0.2) is 4.79 Å². The van der Waals surface area contributed by atoms with E-state index in [0.717, 1.165) is 25.7 Å². The average Bonchev–Trinajstić information content (AvgIpc) is 3.13. The van der Waals surface area contributed by atoms with E-state index in [-0.39, 0.29) is 17.5 Å². The van der Waals surface area contributed by atoms with E-state index in [1.54, 1.807) is 13.0 Å². The molecule has 0 aromatic heterocycles. The molecule has 3 rings (SSSR count). The van der Waals surface area contributed by atoms with Crippen molar-refractivity contribution in [3.63, 3.8) is 0 Å². The minimum absolute atomic E-state index is 0.183. The lowest BCUT2D eigenvalue weighted by molar-refractivity contribution is -0.129. The van der Waals surface area contributed by atoms with Crippen molar-refractivity contribution in [3.05, 3.63) is 17.7 Å². The van der Waals surface area contributed by atoms with Crippen molar-refractivity contribution in [2.24, 2.45) is 0 Å². The largest absolute Gasteiger partial charge is 0.493 e. The second-order valence-electron chi connectivity index (χ2n) is 6.24. The summed E-state index contributed by atoms with van der Waals surface area (Å²) in [5.41, 5.74) is 0.251. The van der Waals surface area contributed by atoms with Crippen LogP contribution in [0.3, 0.4) is 0 Å². The van der Waals surface area contributed by atoms with Gasteiger partial charge in [-0.3, -0.25) is 4.79 Å². The number of amides is 1. The molecule has 1 aromatic carbocycles. The van der Waals surface area contributed by atoms with Gasteiger partial charge in [-0.15, -0.1) is 0 Å². The average molecular weight is 349 g/mol. The molecule has 0 radical (unpaired) electrons. The molecular weight excluding hydrogens is 326 g/mol. The molecule has 1 aromatic rings. The van der Waals surface area contributed by atoms with Crippen LogP contribution in [0.1, 0.15) is 43.0 Å². The van der Waals surface area contributed by atoms with E-state index in [1.807, 2.05) is 0 Å². The van der Waals surface area contributed by atoms with Crippen molar-refractivity contribution in [2.75, 3.05) is 20.3 Å². The highest BCUT2D eigenvalue weighted by atomic mass is 16.6. The lowest BCUT2D eigenvalue weighted by Gasteiger charge is -2.21. The maximum Gasteiger partial charge on any atom is 0.339 e. The molecule has 1 fully saturated rings. The van der Waals surface area contributed by atoms with E-state index in [9.17, 15) is 9.59 Å². The van der Waals surface area contributed by atoms with E-state index in [4.69, 9.17) is 18.9 Å². The summed E-state index contributed by atoms with van der Waals surface area (Å²) in [6, 6.07) is 3.25. The molecule has 1 atom stereocenters. The first-order valence-corrected chi connectivity index (χ1v) is 8.57. The molecular formula is C18H23NO6. The van der Waals surface area contributed by atoms with Gasteiger partial charge in [0.2, 0.25) is 5.75 Å². The minimum Gasteiger partial charge on any atom is -0.493 e. The second-order valence-corrected chi connectivity index (χ2v) is 6.24. The van der Waals surface area contributed by atoms with Gasteiger partial charge in [0.1, 0.15) is 13.2 Å². The third-order valence-electron chi connectivity index (χ3n) is 4.42. The summed E-state index contributed by atoms with van der Waals surface area (Å²) in [7, 11) is 1.49. The monoisotopic (exact) mass is 349 g/mol. The number of nitrogens with one attached hydrogen (secondary N) is 1. The molecule has 0 saturated heterocycles. The highest BCUT2D eigenvalue weighted by molar-refractivity contribution is 5.93. The number of hydrogen-bond acceptors (Lipinski definition) is 6. The lowest BCUT2D eigenvalue weighted by atomic mass is 10.1. The van der Waals surface area contributed by atoms with E-state index in [0.29, 0.717) is 30.5 Å². The van der Waals surface area contributed by atoms with Gasteiger partial charge in [0.15, 0.2) is 17.6 Å². The molecule has 1 heterocycles. The van der Waals surface area contributed by atoms with Crippen LogP contribution in [0.25, 0.3) is 0 Å². The van der Waals surface area contributed by atoms with Crippen molar-refractivity contribution in [1.82, 2.24) is 5.32 Å². The first kappa shape index (κ1) is 17.4. The zero-order valence-corrected chi connectivity index (χ0v) is 14.5. The van der Waals surface area contributed by atoms with Crippen LogP contribution in [-0.2, 0) is 9.53 Å². The normalized spacial score (nSPS) is 17.7. The smallest absolute Gasteiger partial charge is 0.339 e. The van der Waals surface area contributed by atoms with Crippen molar-refractivity contribution in [2.45, 2.75) is 44.8 Å². The Morgan fingerprint density at radius 3 is 2.64 bits per heavy atom. The molecule has 1 saturated carbocycles. The summed E-state index contributed by atoms with van der Waals surface area (Å²) >= 11 is 0. The Balaban J connectivity index is 1.66. The number of carbonyl (C=O) groups excluding carboxylic acids is 2. The quantitative estimate of drug-likeness (QED) is 0.820. The van der Waals surface area contributed by atoms with Gasteiger partial charge in [-0.05, 0) is 31.9 Å². The molecule has 1 amide bonds. The number of rotatable bonds is 5. The SMILES string of the molecule is COc1cc(C(=O)O[C@H](C)C(=O)NC2CCCC2)cc2c1OCCO2. The number of fused-ring (bicyclic) bond motifs is 1. The maximum absolute atomic E-state index is 12.4. The summed E-state index contributed by atoms with van der Waals surface area (Å²) < 4.78 is 21.6. The molecule has 7 nitrogen and oxygen atoms in total. The fourth-order valence-corrected chi connectivity index (χ4v) is 3.06. The highest BCUT2D eigenvalue weighted by Crippen LogP contribution is 2.40. The van der Waals surface area contributed by atoms with Crippen molar-refractivity contribution in [1.29, 1.82) is 0 Å². The maximum atomic E-state index is 12.4. The molecule has 0 bridgehead atoms. The van der Waals surface area contributed by atoms with Crippen LogP contribution in [0.2, 0.25) is 0 Å². The third kappa shape index (κ3) is 3.97. The van der Waals surface area contributed by atoms with Crippen LogP contribution in [0.4, 0.5) is 0 Å². The Bertz CT molecular complexity index is 636. The van der Waals surface area contributed by atoms with Crippen LogP contribution >= 0.6 is 0 Å². The summed E-state index contributed by atoms with van der Waals surface area (Å²) in [4.78, 5) is 24.6. The van der Waals surface area contributed by atoms with Gasteiger partial charge in [0, 0.05) is 6.04 Å². The van der Waals surface area contributed by atoms with Crippen LogP contribution in [0.5, 0.6) is 17.2 Å². The number of methoxy groups -OCH3 is 1. The fourth-order valence-electron chi connectivity index (χ4n) is 3.06. The van der Waals surface area contributed by atoms with Crippen LogP contribution in [0, 0.1) is 0 Å². The molecule has 1 aliphatic carbocycles. The topological polar surface area (TPSA) is 83.1 Å². The minimum atomic E-state index is -0.868. The zero-order chi connectivity index (χ0) is 17.8. The Morgan fingerprint density at radius 1 is 1.20 bits per heavy atom. The van der Waals surface area contributed by atoms with Gasteiger partial charge >= 0.3 is 5.97 Å². The molecule has 136 valence electrons. The van der Waals surface area contributed by atoms with Crippen LogP contribution in [0.15, 0.2) is 12.1 Å². The number of ether oxygens (including phenoxy) is 4. The van der Waals surface area contributed by atoms with E-state index in [2.05, 4.69) is 5.32 Å². The molecule has 1 aliphatic heterocycles. The zero-order valence-electron chi connectivity index (χ0n) is 14.5. The molecule has 25 heavy (non-hydrogen) atoms. The molecule has 1 N–H and O–H groups in total. The van der Waals surface area contributed by atoms with Gasteiger partial charge in [0.05, 0.1) is 12.7 Å². The van der Waals surface area contributed by atoms with Crippen molar-refractivity contribution < 1.29 is 28.5 Å². The summed E-state index contributed by atoms with van der Waals surface area (Å²) in [6.07, 6.45) is 3.33. The van der Waals surface area contributed by atoms with Gasteiger partial charge in [0.25, 0.3) is 5.91 Å². The second kappa shape index (κ2) is 7.63. The lowest BCUT2D eigenvalue weighted by Crippen LogP contribution is -2.40. The number of hydrogen-bond donors (Lipinski definition) is 1. The predicted octanol–water partition coefficient (Wildman–Crippen LogP) is 2.07. The molecule has 2 aliphatic rings. The summed E-state index contributed by atoms with van der Waals surface area (Å²) in [6.45, 7) is 2.39. The Labute approximate surface area is 146 Å². The van der Waals surface area contributed by atoms with Crippen LogP contribution < -0.4 is 19.5 Å². The van der Waals surface area contributed by atoms with Gasteiger partial charge in [-0.2, -0.15) is 0 Å². The van der Waals surface area contributed by atoms with Gasteiger partial charge in [-0.1, -0.05) is 12.8 Å². The summed E-state index contributed by atoms with van der Waals surface area (Å²) in [5.74, 6) is 0.416. The molecule has 0 spiro atoms. The third-order valence-corrected chi connectivity index (χ3v) is 4.42. The van der Waals surface area contributed by atoms with Crippen molar-refractivity contribution >= 4 is 11.9 Å². The molecule has 0 unspecified atom stereocenters. The molecule has 7 heteroatoms. The number of esters is 1. The van der Waals surface area contributed by atoms with E-state index < -0.39 is 12.1 Å². The first-order chi connectivity index (χ1) is 12.1. The Kier molecular flexibility index (Phi) is 5.31. The fraction of sp³-hybridized carbons (Fsp3) is 0.556.